The predicted octanol–water partition coefficient (Wildman–Crippen LogP) is 4.62. The molecule has 1 aliphatic heterocycles. The fourth-order valence-electron chi connectivity index (χ4n) is 4.34. The number of amides is 2. The number of hydrogen-bond donors (Lipinski definition) is 2. The van der Waals surface area contributed by atoms with Crippen LogP contribution in [0, 0.1) is 6.92 Å². The van der Waals surface area contributed by atoms with Gasteiger partial charge in [0.05, 0.1) is 7.11 Å². The van der Waals surface area contributed by atoms with Gasteiger partial charge in [0.25, 0.3) is 11.8 Å². The summed E-state index contributed by atoms with van der Waals surface area (Å²) in [6.07, 6.45) is 0.804. The maximum atomic E-state index is 13.0. The fraction of sp³-hybridized carbons (Fsp3) is 0.185. The minimum atomic E-state index is -0.165. The van der Waals surface area contributed by atoms with Crippen LogP contribution in [0.5, 0.6) is 5.75 Å². The van der Waals surface area contributed by atoms with Gasteiger partial charge in [-0.25, -0.2) is 0 Å². The minimum Gasteiger partial charge on any atom is -0.497 e. The van der Waals surface area contributed by atoms with Gasteiger partial charge in [-0.05, 0) is 60.9 Å². The Balaban J connectivity index is 1.27. The lowest BCUT2D eigenvalue weighted by atomic mass is 10.1. The van der Waals surface area contributed by atoms with Gasteiger partial charge in [0.15, 0.2) is 0 Å². The number of aryl methyl sites for hydroxylation is 1. The number of carbonyl (C=O) groups is 2. The minimum absolute atomic E-state index is 0.0222. The van der Waals surface area contributed by atoms with E-state index in [9.17, 15) is 9.59 Å². The van der Waals surface area contributed by atoms with Crippen LogP contribution in [-0.2, 0) is 13.0 Å². The Bertz CT molecular complexity index is 1370. The number of benzene rings is 3. The lowest BCUT2D eigenvalue weighted by Gasteiger charge is -2.18. The van der Waals surface area contributed by atoms with E-state index in [0.717, 1.165) is 45.5 Å². The van der Waals surface area contributed by atoms with Gasteiger partial charge >= 0.3 is 0 Å². The van der Waals surface area contributed by atoms with Gasteiger partial charge in [-0.15, -0.1) is 0 Å². The van der Waals surface area contributed by atoms with Crippen molar-refractivity contribution in [2.45, 2.75) is 19.9 Å². The summed E-state index contributed by atoms with van der Waals surface area (Å²) in [4.78, 5) is 30.7. The molecule has 166 valence electrons. The van der Waals surface area contributed by atoms with Crippen molar-refractivity contribution in [2.75, 3.05) is 18.6 Å². The van der Waals surface area contributed by atoms with Crippen molar-refractivity contribution in [3.05, 3.63) is 94.7 Å². The van der Waals surface area contributed by atoms with Crippen LogP contribution in [0.2, 0.25) is 0 Å². The van der Waals surface area contributed by atoms with E-state index in [4.69, 9.17) is 4.74 Å². The van der Waals surface area contributed by atoms with Crippen molar-refractivity contribution in [1.82, 2.24) is 10.3 Å². The first-order valence-electron chi connectivity index (χ1n) is 11.0. The van der Waals surface area contributed by atoms with Crippen LogP contribution < -0.4 is 15.0 Å². The highest BCUT2D eigenvalue weighted by Gasteiger charge is 2.25. The molecule has 1 aromatic heterocycles. The quantitative estimate of drug-likeness (QED) is 0.477. The van der Waals surface area contributed by atoms with Crippen molar-refractivity contribution in [1.29, 1.82) is 0 Å². The molecular formula is C27H25N3O3. The molecule has 0 radical (unpaired) electrons. The van der Waals surface area contributed by atoms with Gasteiger partial charge in [0.1, 0.15) is 11.4 Å². The van der Waals surface area contributed by atoms with E-state index in [1.165, 1.54) is 0 Å². The molecule has 1 aliphatic rings. The van der Waals surface area contributed by atoms with Crippen LogP contribution in [0.1, 0.15) is 37.5 Å². The second-order valence-electron chi connectivity index (χ2n) is 8.36. The highest BCUT2D eigenvalue weighted by Crippen LogP contribution is 2.30. The summed E-state index contributed by atoms with van der Waals surface area (Å²) >= 11 is 0. The van der Waals surface area contributed by atoms with Crippen molar-refractivity contribution in [3.8, 4) is 5.75 Å². The fourth-order valence-corrected chi connectivity index (χ4v) is 4.34. The number of rotatable bonds is 5. The number of anilines is 1. The molecule has 2 heterocycles. The van der Waals surface area contributed by atoms with E-state index in [1.807, 2.05) is 72.5 Å². The summed E-state index contributed by atoms with van der Waals surface area (Å²) in [6, 6.07) is 21.2. The molecule has 0 fully saturated rings. The summed E-state index contributed by atoms with van der Waals surface area (Å²) in [5.74, 6) is 0.597. The van der Waals surface area contributed by atoms with Crippen molar-refractivity contribution in [2.24, 2.45) is 0 Å². The Labute approximate surface area is 192 Å². The maximum absolute atomic E-state index is 13.0. The molecule has 2 N–H and O–H groups in total. The Morgan fingerprint density at radius 1 is 1.06 bits per heavy atom. The first kappa shape index (κ1) is 20.8. The van der Waals surface area contributed by atoms with Crippen LogP contribution in [0.15, 0.2) is 66.7 Å². The summed E-state index contributed by atoms with van der Waals surface area (Å²) < 4.78 is 5.24. The highest BCUT2D eigenvalue weighted by molar-refractivity contribution is 6.07. The molecule has 0 saturated carbocycles. The van der Waals surface area contributed by atoms with E-state index >= 15 is 0 Å². The average Bonchev–Trinajstić information content (AvgIpc) is 3.45. The third-order valence-electron chi connectivity index (χ3n) is 6.08. The van der Waals surface area contributed by atoms with Crippen LogP contribution in [0.3, 0.4) is 0 Å². The zero-order chi connectivity index (χ0) is 22.9. The van der Waals surface area contributed by atoms with E-state index in [1.54, 1.807) is 7.11 Å². The normalized spacial score (nSPS) is 12.6. The zero-order valence-corrected chi connectivity index (χ0v) is 18.6. The summed E-state index contributed by atoms with van der Waals surface area (Å²) in [5, 5.41) is 3.94. The number of aromatic nitrogens is 1. The molecule has 2 amide bonds. The third-order valence-corrected chi connectivity index (χ3v) is 6.08. The predicted molar refractivity (Wildman–Crippen MR) is 129 cm³/mol. The van der Waals surface area contributed by atoms with Gasteiger partial charge in [0.2, 0.25) is 0 Å². The van der Waals surface area contributed by atoms with Gasteiger partial charge in [0, 0.05) is 41.3 Å². The van der Waals surface area contributed by atoms with Crippen molar-refractivity contribution in [3.63, 3.8) is 0 Å². The highest BCUT2D eigenvalue weighted by atomic mass is 16.5. The van der Waals surface area contributed by atoms with Gasteiger partial charge in [-0.3, -0.25) is 9.59 Å². The molecule has 0 bridgehead atoms. The van der Waals surface area contributed by atoms with E-state index in [2.05, 4.69) is 16.4 Å². The smallest absolute Gasteiger partial charge is 0.267 e. The standard InChI is InChI=1S/C27H25N3O3/c1-17-4-3-5-21(12-17)27(32)30-11-10-20-13-18(6-9-25(20)30)16-28-26(31)24-14-19-7-8-22(33-2)15-23(19)29-24/h3-9,12-15,29H,10-11,16H2,1-2H3,(H,28,31). The molecule has 6 nitrogen and oxygen atoms in total. The maximum Gasteiger partial charge on any atom is 0.267 e. The van der Waals surface area contributed by atoms with E-state index in [-0.39, 0.29) is 11.8 Å². The number of aromatic amines is 1. The molecule has 4 aromatic rings. The molecule has 5 rings (SSSR count). The number of nitrogens with one attached hydrogen (secondary N) is 2. The monoisotopic (exact) mass is 439 g/mol. The summed E-state index contributed by atoms with van der Waals surface area (Å²) in [6.45, 7) is 3.06. The first-order chi connectivity index (χ1) is 16.0. The molecule has 0 unspecified atom stereocenters. The van der Waals surface area contributed by atoms with Crippen LogP contribution >= 0.6 is 0 Å². The molecule has 33 heavy (non-hydrogen) atoms. The molecule has 6 heteroatoms. The number of carbonyl (C=O) groups excluding carboxylic acids is 2. The second kappa shape index (κ2) is 8.47. The Hall–Kier alpha value is -4.06. The molecule has 0 atom stereocenters. The van der Waals surface area contributed by atoms with Crippen LogP contribution in [0.25, 0.3) is 10.9 Å². The second-order valence-corrected chi connectivity index (χ2v) is 8.36. The number of fused-ring (bicyclic) bond motifs is 2. The Morgan fingerprint density at radius 3 is 2.76 bits per heavy atom. The SMILES string of the molecule is COc1ccc2cc(C(=O)NCc3ccc4c(c3)CCN4C(=O)c3cccc(C)c3)[nH]c2c1. The van der Waals surface area contributed by atoms with Crippen molar-refractivity contribution >= 4 is 28.4 Å². The number of hydrogen-bond acceptors (Lipinski definition) is 3. The molecular weight excluding hydrogens is 414 g/mol. The molecule has 0 saturated heterocycles. The number of H-pyrrole nitrogens is 1. The molecule has 3 aromatic carbocycles. The number of ether oxygens (including phenoxy) is 1. The number of methoxy groups -OCH3 is 1. The van der Waals surface area contributed by atoms with Crippen LogP contribution in [-0.4, -0.2) is 30.5 Å². The van der Waals surface area contributed by atoms with Gasteiger partial charge in [-0.1, -0.05) is 29.8 Å². The van der Waals surface area contributed by atoms with Gasteiger partial charge in [-0.2, -0.15) is 0 Å². The largest absolute Gasteiger partial charge is 0.497 e. The number of nitrogens with zero attached hydrogens (tertiary/aromatic N) is 1. The Morgan fingerprint density at radius 2 is 1.94 bits per heavy atom. The Kier molecular flexibility index (Phi) is 5.34. The zero-order valence-electron chi connectivity index (χ0n) is 18.6. The molecule has 0 aliphatic carbocycles. The van der Waals surface area contributed by atoms with Crippen LogP contribution in [0.4, 0.5) is 5.69 Å². The van der Waals surface area contributed by atoms with Crippen molar-refractivity contribution < 1.29 is 14.3 Å². The van der Waals surface area contributed by atoms with E-state index in [0.29, 0.717) is 24.3 Å². The lowest BCUT2D eigenvalue weighted by molar-refractivity contribution is 0.0945. The topological polar surface area (TPSA) is 74.4 Å². The van der Waals surface area contributed by atoms with Gasteiger partial charge < -0.3 is 19.9 Å². The van der Waals surface area contributed by atoms with E-state index < -0.39 is 0 Å². The lowest BCUT2D eigenvalue weighted by Crippen LogP contribution is -2.28. The summed E-state index contributed by atoms with van der Waals surface area (Å²) in [5.41, 5.74) is 6.21. The first-order valence-corrected chi connectivity index (χ1v) is 11.0. The average molecular weight is 440 g/mol. The summed E-state index contributed by atoms with van der Waals surface area (Å²) in [7, 11) is 1.62. The molecule has 0 spiro atoms. The third kappa shape index (κ3) is 4.07.